The first-order valence-corrected chi connectivity index (χ1v) is 9.96. The molecule has 4 aromatic rings. The van der Waals surface area contributed by atoms with Gasteiger partial charge in [0.25, 0.3) is 5.95 Å². The molecule has 148 valence electrons. The molecule has 0 unspecified atom stereocenters. The lowest BCUT2D eigenvalue weighted by Crippen LogP contribution is -1.99. The highest BCUT2D eigenvalue weighted by molar-refractivity contribution is 6.03. The van der Waals surface area contributed by atoms with Crippen LogP contribution in [0.2, 0.25) is 0 Å². The zero-order valence-corrected chi connectivity index (χ0v) is 16.4. The molecule has 2 aromatic carbocycles. The highest BCUT2D eigenvalue weighted by Crippen LogP contribution is 2.21. The molecule has 0 aliphatic carbocycles. The van der Waals surface area contributed by atoms with Crippen LogP contribution in [0.4, 0.5) is 5.95 Å². The third-order valence-electron chi connectivity index (χ3n) is 4.65. The van der Waals surface area contributed by atoms with Crippen LogP contribution in [-0.2, 0) is 0 Å². The minimum absolute atomic E-state index is 0.340. The number of hydrogen-bond donors (Lipinski definition) is 2. The molecule has 0 saturated carbocycles. The second-order valence-corrected chi connectivity index (χ2v) is 6.85. The van der Waals surface area contributed by atoms with Gasteiger partial charge in [0, 0.05) is 10.9 Å². The third-order valence-corrected chi connectivity index (χ3v) is 4.65. The largest absolute Gasteiger partial charge is 0.494 e. The number of para-hydroxylation sites is 1. The predicted molar refractivity (Wildman–Crippen MR) is 116 cm³/mol. The molecule has 7 heteroatoms. The van der Waals surface area contributed by atoms with Crippen molar-refractivity contribution >= 4 is 34.2 Å². The van der Waals surface area contributed by atoms with Crippen molar-refractivity contribution in [1.29, 1.82) is 0 Å². The van der Waals surface area contributed by atoms with E-state index in [4.69, 9.17) is 4.74 Å². The summed E-state index contributed by atoms with van der Waals surface area (Å²) < 4.78 is 5.76. The highest BCUT2D eigenvalue weighted by Gasteiger charge is 2.07. The van der Waals surface area contributed by atoms with Gasteiger partial charge in [-0.25, -0.2) is 5.43 Å². The van der Waals surface area contributed by atoms with Crippen molar-refractivity contribution in [2.75, 3.05) is 12.0 Å². The molecular formula is C22H24N6O. The number of aromatic nitrogens is 4. The number of nitrogens with one attached hydrogen (secondary N) is 2. The number of unbranched alkanes of at least 4 members (excludes halogenated alkanes) is 3. The van der Waals surface area contributed by atoms with E-state index in [1.165, 1.54) is 19.3 Å². The summed E-state index contributed by atoms with van der Waals surface area (Å²) in [5.74, 6) is 1.22. The molecule has 2 heterocycles. The van der Waals surface area contributed by atoms with E-state index in [0.29, 0.717) is 11.6 Å². The van der Waals surface area contributed by atoms with Crippen LogP contribution < -0.4 is 10.2 Å². The predicted octanol–water partition coefficient (Wildman–Crippen LogP) is 4.91. The third kappa shape index (κ3) is 4.68. The van der Waals surface area contributed by atoms with Gasteiger partial charge >= 0.3 is 0 Å². The number of benzene rings is 2. The number of hydrogen-bond acceptors (Lipinski definition) is 6. The Balaban J connectivity index is 1.34. The molecule has 0 atom stereocenters. The lowest BCUT2D eigenvalue weighted by molar-refractivity contribution is 0.305. The molecule has 0 aliphatic heterocycles. The first kappa shape index (κ1) is 18.9. The summed E-state index contributed by atoms with van der Waals surface area (Å²) in [6, 6.07) is 15.8. The Morgan fingerprint density at radius 3 is 2.76 bits per heavy atom. The number of anilines is 1. The van der Waals surface area contributed by atoms with Crippen molar-refractivity contribution in [3.8, 4) is 5.75 Å². The van der Waals surface area contributed by atoms with E-state index in [9.17, 15) is 0 Å². The van der Waals surface area contributed by atoms with Crippen LogP contribution >= 0.6 is 0 Å². The van der Waals surface area contributed by atoms with Crippen LogP contribution in [0.25, 0.3) is 22.1 Å². The van der Waals surface area contributed by atoms with Gasteiger partial charge in [0.1, 0.15) is 11.3 Å². The van der Waals surface area contributed by atoms with Gasteiger partial charge in [-0.1, -0.05) is 44.4 Å². The first-order chi connectivity index (χ1) is 14.3. The Morgan fingerprint density at radius 2 is 1.90 bits per heavy atom. The zero-order valence-electron chi connectivity index (χ0n) is 16.4. The normalized spacial score (nSPS) is 11.5. The van der Waals surface area contributed by atoms with Crippen molar-refractivity contribution in [2.24, 2.45) is 5.10 Å². The van der Waals surface area contributed by atoms with Gasteiger partial charge in [-0.15, -0.1) is 10.2 Å². The van der Waals surface area contributed by atoms with Gasteiger partial charge in [-0.3, -0.25) is 0 Å². The molecule has 0 radical (unpaired) electrons. The fourth-order valence-electron chi connectivity index (χ4n) is 3.10. The maximum atomic E-state index is 5.76. The monoisotopic (exact) mass is 388 g/mol. The lowest BCUT2D eigenvalue weighted by Gasteiger charge is -2.05. The van der Waals surface area contributed by atoms with E-state index in [2.05, 4.69) is 37.6 Å². The molecule has 0 aliphatic rings. The van der Waals surface area contributed by atoms with Crippen LogP contribution in [0.5, 0.6) is 5.75 Å². The molecule has 0 saturated heterocycles. The lowest BCUT2D eigenvalue weighted by atomic mass is 10.2. The summed E-state index contributed by atoms with van der Waals surface area (Å²) in [5, 5.41) is 13.6. The molecule has 0 amide bonds. The van der Waals surface area contributed by atoms with E-state index < -0.39 is 0 Å². The number of fused-ring (bicyclic) bond motifs is 3. The topological polar surface area (TPSA) is 88.1 Å². The number of rotatable bonds is 9. The fourth-order valence-corrected chi connectivity index (χ4v) is 3.10. The molecule has 2 aromatic heterocycles. The van der Waals surface area contributed by atoms with E-state index in [1.807, 2.05) is 48.5 Å². The quantitative estimate of drug-likeness (QED) is 0.242. The molecule has 0 bridgehead atoms. The summed E-state index contributed by atoms with van der Waals surface area (Å²) >= 11 is 0. The Hall–Kier alpha value is -3.48. The summed E-state index contributed by atoms with van der Waals surface area (Å²) in [6.07, 6.45) is 6.52. The van der Waals surface area contributed by atoms with Crippen LogP contribution in [0.3, 0.4) is 0 Å². The van der Waals surface area contributed by atoms with Crippen molar-refractivity contribution < 1.29 is 4.74 Å². The Bertz CT molecular complexity index is 1100. The fraction of sp³-hybridized carbons (Fsp3) is 0.273. The van der Waals surface area contributed by atoms with Gasteiger partial charge in [0.05, 0.1) is 12.8 Å². The van der Waals surface area contributed by atoms with Gasteiger partial charge < -0.3 is 9.72 Å². The second-order valence-electron chi connectivity index (χ2n) is 6.85. The smallest absolute Gasteiger partial charge is 0.265 e. The van der Waals surface area contributed by atoms with E-state index in [1.54, 1.807) is 6.21 Å². The number of ether oxygens (including phenoxy) is 1. The van der Waals surface area contributed by atoms with E-state index >= 15 is 0 Å². The van der Waals surface area contributed by atoms with Crippen molar-refractivity contribution in [1.82, 2.24) is 20.2 Å². The summed E-state index contributed by atoms with van der Waals surface area (Å²) in [5.41, 5.74) is 6.20. The average molecular weight is 388 g/mol. The van der Waals surface area contributed by atoms with Crippen molar-refractivity contribution in [3.05, 3.63) is 54.1 Å². The standard InChI is InChI=1S/C22H24N6O/c1-2-3-4-7-14-29-17-12-10-16(11-13-17)15-23-27-22-25-21-20(26-28-22)18-8-5-6-9-19(18)24-21/h5-6,8-13,15H,2-4,7,14H2,1H3,(H2,24,25,27,28)/b23-15+. The van der Waals surface area contributed by atoms with E-state index in [-0.39, 0.29) is 0 Å². The Kier molecular flexibility index (Phi) is 5.95. The molecule has 4 rings (SSSR count). The van der Waals surface area contributed by atoms with Crippen LogP contribution in [0.15, 0.2) is 53.6 Å². The van der Waals surface area contributed by atoms with Gasteiger partial charge in [-0.05, 0) is 42.3 Å². The second kappa shape index (κ2) is 9.14. The summed E-state index contributed by atoms with van der Waals surface area (Å²) in [6.45, 7) is 2.97. The molecular weight excluding hydrogens is 364 g/mol. The minimum Gasteiger partial charge on any atom is -0.494 e. The van der Waals surface area contributed by atoms with Crippen LogP contribution in [0.1, 0.15) is 38.2 Å². The van der Waals surface area contributed by atoms with Gasteiger partial charge in [0.15, 0.2) is 5.65 Å². The van der Waals surface area contributed by atoms with Crippen LogP contribution in [-0.4, -0.2) is 33.0 Å². The number of aromatic amines is 1. The summed E-state index contributed by atoms with van der Waals surface area (Å²) in [4.78, 5) is 7.68. The molecule has 0 fully saturated rings. The SMILES string of the molecule is CCCCCCOc1ccc(/C=N/Nc2nnc3c(n2)[nH]c2ccccc23)cc1. The highest BCUT2D eigenvalue weighted by atomic mass is 16.5. The Morgan fingerprint density at radius 1 is 1.03 bits per heavy atom. The van der Waals surface area contributed by atoms with Crippen LogP contribution in [0, 0.1) is 0 Å². The maximum Gasteiger partial charge on any atom is 0.265 e. The van der Waals surface area contributed by atoms with Gasteiger partial charge in [-0.2, -0.15) is 10.1 Å². The molecule has 29 heavy (non-hydrogen) atoms. The van der Waals surface area contributed by atoms with Crippen molar-refractivity contribution in [2.45, 2.75) is 32.6 Å². The zero-order chi connectivity index (χ0) is 19.9. The van der Waals surface area contributed by atoms with Crippen molar-refractivity contribution in [3.63, 3.8) is 0 Å². The average Bonchev–Trinajstić information content (AvgIpc) is 3.12. The first-order valence-electron chi connectivity index (χ1n) is 9.96. The number of nitrogens with zero attached hydrogens (tertiary/aromatic N) is 4. The maximum absolute atomic E-state index is 5.76. The number of hydrazone groups is 1. The molecule has 2 N–H and O–H groups in total. The number of H-pyrrole nitrogens is 1. The Labute approximate surface area is 169 Å². The minimum atomic E-state index is 0.340. The summed E-state index contributed by atoms with van der Waals surface area (Å²) in [7, 11) is 0. The molecule has 0 spiro atoms. The van der Waals surface area contributed by atoms with E-state index in [0.717, 1.165) is 40.8 Å². The van der Waals surface area contributed by atoms with Gasteiger partial charge in [0.2, 0.25) is 0 Å². The molecule has 7 nitrogen and oxygen atoms in total.